The van der Waals surface area contributed by atoms with Crippen molar-refractivity contribution in [2.45, 2.75) is 58.9 Å². The molecule has 0 unspecified atom stereocenters. The molecule has 0 fully saturated rings. The summed E-state index contributed by atoms with van der Waals surface area (Å²) >= 11 is 0. The zero-order chi connectivity index (χ0) is 28.1. The number of benzene rings is 3. The zero-order valence-electron chi connectivity index (χ0n) is 23.5. The number of rotatable bonds is 11. The van der Waals surface area contributed by atoms with Gasteiger partial charge in [-0.3, -0.25) is 9.59 Å². The molecule has 0 atom stereocenters. The molecule has 0 bridgehead atoms. The van der Waals surface area contributed by atoms with Crippen molar-refractivity contribution in [1.82, 2.24) is 4.57 Å². The summed E-state index contributed by atoms with van der Waals surface area (Å²) in [4.78, 5) is 37.8. The van der Waals surface area contributed by atoms with Gasteiger partial charge < -0.3 is 9.47 Å². The average Bonchev–Trinajstić information content (AvgIpc) is 3.25. The van der Waals surface area contributed by atoms with Crippen LogP contribution >= 0.6 is 0 Å². The molecule has 0 saturated carbocycles. The van der Waals surface area contributed by atoms with Crippen LogP contribution in [0.5, 0.6) is 0 Å². The highest BCUT2D eigenvalue weighted by Crippen LogP contribution is 2.43. The van der Waals surface area contributed by atoms with Gasteiger partial charge in [0.1, 0.15) is 5.78 Å². The van der Waals surface area contributed by atoms with Crippen molar-refractivity contribution < 1.29 is 9.59 Å². The Morgan fingerprint density at radius 3 is 1.92 bits per heavy atom. The van der Waals surface area contributed by atoms with Crippen LogP contribution in [0.1, 0.15) is 68.3 Å². The largest absolute Gasteiger partial charge is 0.378 e. The molecule has 0 aliphatic heterocycles. The molecule has 0 aliphatic carbocycles. The number of hydrogen-bond acceptors (Lipinski definition) is 4. The lowest BCUT2D eigenvalue weighted by molar-refractivity contribution is -0.117. The lowest BCUT2D eigenvalue weighted by Crippen LogP contribution is -2.09. The number of nitrogens with zero attached hydrogens (tertiary/aromatic N) is 3. The van der Waals surface area contributed by atoms with Crippen molar-refractivity contribution in [3.63, 3.8) is 0 Å². The summed E-state index contributed by atoms with van der Waals surface area (Å²) in [6.07, 6.45) is 4.12. The Kier molecular flexibility index (Phi) is 8.75. The summed E-state index contributed by atoms with van der Waals surface area (Å²) in [7, 11) is 4.06. The Morgan fingerprint density at radius 1 is 0.846 bits per heavy atom. The van der Waals surface area contributed by atoms with Crippen molar-refractivity contribution in [1.29, 1.82) is 0 Å². The standard InChI is InChI=1S/C33H37N3O3/c1-6-8-25(9-7-2)31-29-19-16-27(33(38)34-39)20-30(29)36(21-22(3)37)32(31)26-12-10-23(11-13-26)24-14-17-28(18-15-24)35(4)5/h10-20,25H,6-9,21H2,1-5H3. The van der Waals surface area contributed by atoms with E-state index < -0.39 is 5.91 Å². The molecule has 3 aromatic carbocycles. The molecule has 1 heterocycles. The monoisotopic (exact) mass is 523 g/mol. The van der Waals surface area contributed by atoms with E-state index in [1.165, 1.54) is 5.56 Å². The zero-order valence-corrected chi connectivity index (χ0v) is 23.5. The number of ketones is 1. The fourth-order valence-corrected chi connectivity index (χ4v) is 5.58. The van der Waals surface area contributed by atoms with Crippen LogP contribution in [0.3, 0.4) is 0 Å². The van der Waals surface area contributed by atoms with Crippen molar-refractivity contribution >= 4 is 28.3 Å². The summed E-state index contributed by atoms with van der Waals surface area (Å²) in [6, 6.07) is 22.3. The summed E-state index contributed by atoms with van der Waals surface area (Å²) in [5.74, 6) is -0.487. The average molecular weight is 524 g/mol. The molecule has 1 amide bonds. The van der Waals surface area contributed by atoms with Gasteiger partial charge in [-0.1, -0.05) is 69.2 Å². The van der Waals surface area contributed by atoms with Crippen LogP contribution in [0.2, 0.25) is 0 Å². The first kappa shape index (κ1) is 28.0. The maximum atomic E-state index is 12.5. The third kappa shape index (κ3) is 5.85. The van der Waals surface area contributed by atoms with E-state index in [1.807, 2.05) is 24.7 Å². The number of carbonyl (C=O) groups excluding carboxylic acids is 2. The predicted molar refractivity (Wildman–Crippen MR) is 161 cm³/mol. The predicted octanol–water partition coefficient (Wildman–Crippen LogP) is 8.22. The Labute approximate surface area is 230 Å². The van der Waals surface area contributed by atoms with Gasteiger partial charge in [0, 0.05) is 41.4 Å². The summed E-state index contributed by atoms with van der Waals surface area (Å²) < 4.78 is 2.02. The van der Waals surface area contributed by atoms with E-state index in [-0.39, 0.29) is 17.9 Å². The highest BCUT2D eigenvalue weighted by atomic mass is 16.3. The fourth-order valence-electron chi connectivity index (χ4n) is 5.58. The van der Waals surface area contributed by atoms with Crippen LogP contribution < -0.4 is 4.90 Å². The van der Waals surface area contributed by atoms with Gasteiger partial charge in [-0.15, -0.1) is 4.91 Å². The van der Waals surface area contributed by atoms with Gasteiger partial charge >= 0.3 is 5.91 Å². The first-order valence-electron chi connectivity index (χ1n) is 13.7. The number of carbonyl (C=O) groups is 2. The second-order valence-corrected chi connectivity index (χ2v) is 10.5. The second kappa shape index (κ2) is 12.2. The number of aromatic nitrogens is 1. The van der Waals surface area contributed by atoms with E-state index in [0.29, 0.717) is 5.92 Å². The third-order valence-corrected chi connectivity index (χ3v) is 7.37. The third-order valence-electron chi connectivity index (χ3n) is 7.37. The van der Waals surface area contributed by atoms with Crippen molar-refractivity contribution in [2.75, 3.05) is 19.0 Å². The lowest BCUT2D eigenvalue weighted by Gasteiger charge is -2.19. The van der Waals surface area contributed by atoms with Gasteiger partial charge in [0.25, 0.3) is 0 Å². The number of anilines is 1. The Bertz CT molecular complexity index is 1480. The molecule has 1 aromatic heterocycles. The minimum absolute atomic E-state index is 0.0186. The van der Waals surface area contributed by atoms with E-state index in [0.717, 1.165) is 64.7 Å². The minimum Gasteiger partial charge on any atom is -0.378 e. The molecule has 0 N–H and O–H groups in total. The first-order chi connectivity index (χ1) is 18.8. The summed E-state index contributed by atoms with van der Waals surface area (Å²) in [5, 5.41) is 3.64. The summed E-state index contributed by atoms with van der Waals surface area (Å²) in [6.45, 7) is 6.14. The van der Waals surface area contributed by atoms with Crippen LogP contribution in [0.25, 0.3) is 33.3 Å². The number of Topliss-reactive ketones (excluding diaryl/α,β-unsaturated/α-hetero) is 1. The van der Waals surface area contributed by atoms with E-state index in [1.54, 1.807) is 19.1 Å². The molecule has 0 saturated heterocycles. The highest BCUT2D eigenvalue weighted by molar-refractivity contribution is 6.01. The van der Waals surface area contributed by atoms with Crippen LogP contribution in [0.15, 0.2) is 71.9 Å². The first-order valence-corrected chi connectivity index (χ1v) is 13.7. The van der Waals surface area contributed by atoms with Crippen molar-refractivity contribution in [3.05, 3.63) is 82.8 Å². The number of fused-ring (bicyclic) bond motifs is 1. The van der Waals surface area contributed by atoms with E-state index in [9.17, 15) is 14.5 Å². The van der Waals surface area contributed by atoms with Gasteiger partial charge in [-0.2, -0.15) is 0 Å². The molecule has 4 rings (SSSR count). The van der Waals surface area contributed by atoms with Gasteiger partial charge in [0.15, 0.2) is 0 Å². The van der Waals surface area contributed by atoms with E-state index in [4.69, 9.17) is 0 Å². The van der Waals surface area contributed by atoms with E-state index >= 15 is 0 Å². The molecule has 6 heteroatoms. The topological polar surface area (TPSA) is 71.7 Å². The van der Waals surface area contributed by atoms with Crippen molar-refractivity contribution in [3.8, 4) is 22.4 Å². The second-order valence-electron chi connectivity index (χ2n) is 10.5. The van der Waals surface area contributed by atoms with Gasteiger partial charge in [-0.25, -0.2) is 0 Å². The van der Waals surface area contributed by atoms with Crippen LogP contribution in [0, 0.1) is 4.91 Å². The molecule has 4 aromatic rings. The Morgan fingerprint density at radius 2 is 1.41 bits per heavy atom. The van der Waals surface area contributed by atoms with Gasteiger partial charge in [0.2, 0.25) is 0 Å². The van der Waals surface area contributed by atoms with Gasteiger partial charge in [0.05, 0.1) is 12.2 Å². The molecular weight excluding hydrogens is 486 g/mol. The Balaban J connectivity index is 1.94. The highest BCUT2D eigenvalue weighted by Gasteiger charge is 2.26. The molecular formula is C33H37N3O3. The van der Waals surface area contributed by atoms with Crippen molar-refractivity contribution in [2.24, 2.45) is 5.18 Å². The Hall–Kier alpha value is -4.06. The lowest BCUT2D eigenvalue weighted by atomic mass is 9.86. The molecule has 6 nitrogen and oxygen atoms in total. The van der Waals surface area contributed by atoms with Gasteiger partial charge in [-0.05, 0) is 72.2 Å². The minimum atomic E-state index is -0.807. The molecule has 0 aliphatic rings. The summed E-state index contributed by atoms with van der Waals surface area (Å²) in [5.41, 5.74) is 7.65. The maximum Gasteiger partial charge on any atom is 0.316 e. The quantitative estimate of drug-likeness (QED) is 0.186. The normalized spacial score (nSPS) is 11.2. The van der Waals surface area contributed by atoms with E-state index in [2.05, 4.69) is 72.5 Å². The molecule has 0 spiro atoms. The van der Waals surface area contributed by atoms with Crippen LogP contribution in [-0.2, 0) is 11.3 Å². The smallest absolute Gasteiger partial charge is 0.316 e. The molecule has 39 heavy (non-hydrogen) atoms. The number of amides is 1. The number of hydrogen-bond donors (Lipinski definition) is 0. The van der Waals surface area contributed by atoms with Crippen LogP contribution in [-0.4, -0.2) is 30.4 Å². The van der Waals surface area contributed by atoms with Crippen LogP contribution in [0.4, 0.5) is 5.69 Å². The maximum absolute atomic E-state index is 12.5. The molecule has 0 radical (unpaired) electrons. The number of nitroso groups, excluding NO2 is 1. The SMILES string of the molecule is CCCC(CCC)c1c(-c2ccc(-c3ccc(N(C)C)cc3)cc2)n(CC(C)=O)c2cc(C(=O)N=O)ccc12. The fraction of sp³-hybridized carbons (Fsp3) is 0.333. The molecule has 202 valence electrons.